The maximum atomic E-state index is 13.0. The van der Waals surface area contributed by atoms with Crippen molar-refractivity contribution in [2.75, 3.05) is 18.0 Å². The van der Waals surface area contributed by atoms with Gasteiger partial charge in [0.1, 0.15) is 5.52 Å². The SMILES string of the molecule is Cn1c(=O)n(Cc2ccccc2Cl)c2c(N3CCC[C@@H](NC(=O)O)C3)ccnc21. The van der Waals surface area contributed by atoms with E-state index in [-0.39, 0.29) is 11.7 Å². The summed E-state index contributed by atoms with van der Waals surface area (Å²) in [5.74, 6) is 0. The highest BCUT2D eigenvalue weighted by Gasteiger charge is 2.25. The fraction of sp³-hybridized carbons (Fsp3) is 0.350. The van der Waals surface area contributed by atoms with Crippen LogP contribution in [0.4, 0.5) is 10.5 Å². The number of carbonyl (C=O) groups is 1. The van der Waals surface area contributed by atoms with Crippen molar-refractivity contribution in [2.45, 2.75) is 25.4 Å². The molecule has 0 spiro atoms. The summed E-state index contributed by atoms with van der Waals surface area (Å²) in [6, 6.07) is 9.18. The summed E-state index contributed by atoms with van der Waals surface area (Å²) in [6.07, 6.45) is 2.31. The lowest BCUT2D eigenvalue weighted by Crippen LogP contribution is -2.47. The highest BCUT2D eigenvalue weighted by Crippen LogP contribution is 2.28. The van der Waals surface area contributed by atoms with Crippen LogP contribution < -0.4 is 15.9 Å². The molecule has 0 unspecified atom stereocenters. The van der Waals surface area contributed by atoms with Crippen LogP contribution in [0.5, 0.6) is 0 Å². The summed E-state index contributed by atoms with van der Waals surface area (Å²) in [4.78, 5) is 30.6. The van der Waals surface area contributed by atoms with Crippen LogP contribution in [0, 0.1) is 0 Å². The summed E-state index contributed by atoms with van der Waals surface area (Å²) < 4.78 is 3.22. The highest BCUT2D eigenvalue weighted by atomic mass is 35.5. The zero-order valence-electron chi connectivity index (χ0n) is 16.0. The maximum absolute atomic E-state index is 13.0. The first-order chi connectivity index (χ1) is 14.0. The first kappa shape index (κ1) is 19.3. The first-order valence-electron chi connectivity index (χ1n) is 9.47. The van der Waals surface area contributed by atoms with E-state index in [0.29, 0.717) is 23.8 Å². The lowest BCUT2D eigenvalue weighted by atomic mass is 10.1. The summed E-state index contributed by atoms with van der Waals surface area (Å²) in [5, 5.41) is 12.2. The van der Waals surface area contributed by atoms with Gasteiger partial charge in [0.05, 0.1) is 12.2 Å². The number of nitrogens with zero attached hydrogens (tertiary/aromatic N) is 4. The Bertz CT molecular complexity index is 1120. The number of halogens is 1. The minimum atomic E-state index is -1.02. The number of aryl methyl sites for hydroxylation is 1. The number of benzene rings is 1. The Labute approximate surface area is 172 Å². The molecule has 0 aliphatic carbocycles. The van der Waals surface area contributed by atoms with E-state index in [4.69, 9.17) is 16.7 Å². The lowest BCUT2D eigenvalue weighted by Gasteiger charge is -2.34. The molecule has 3 heterocycles. The van der Waals surface area contributed by atoms with Crippen molar-refractivity contribution in [3.05, 3.63) is 57.6 Å². The molecule has 2 aromatic heterocycles. The molecule has 1 aliphatic heterocycles. The molecule has 2 N–H and O–H groups in total. The summed E-state index contributed by atoms with van der Waals surface area (Å²) in [6.45, 7) is 1.66. The number of fused-ring (bicyclic) bond motifs is 1. The van der Waals surface area contributed by atoms with Gasteiger partial charge < -0.3 is 15.3 Å². The van der Waals surface area contributed by atoms with Crippen molar-refractivity contribution >= 4 is 34.5 Å². The van der Waals surface area contributed by atoms with E-state index in [1.165, 1.54) is 4.57 Å². The number of amides is 1. The second kappa shape index (κ2) is 7.79. The van der Waals surface area contributed by atoms with Gasteiger partial charge in [-0.25, -0.2) is 14.6 Å². The van der Waals surface area contributed by atoms with E-state index in [2.05, 4.69) is 15.2 Å². The molecule has 1 amide bonds. The quantitative estimate of drug-likeness (QED) is 0.683. The molecule has 3 aromatic rings. The second-order valence-electron chi connectivity index (χ2n) is 7.26. The van der Waals surface area contributed by atoms with Crippen LogP contribution in [0.1, 0.15) is 18.4 Å². The highest BCUT2D eigenvalue weighted by molar-refractivity contribution is 6.31. The van der Waals surface area contributed by atoms with Crippen LogP contribution in [0.3, 0.4) is 0 Å². The third kappa shape index (κ3) is 3.67. The van der Waals surface area contributed by atoms with Crippen LogP contribution >= 0.6 is 11.6 Å². The topological polar surface area (TPSA) is 92.4 Å². The first-order valence-corrected chi connectivity index (χ1v) is 9.85. The molecule has 1 saturated heterocycles. The van der Waals surface area contributed by atoms with Gasteiger partial charge >= 0.3 is 11.8 Å². The Hall–Kier alpha value is -3.00. The summed E-state index contributed by atoms with van der Waals surface area (Å²) in [5.41, 5.74) is 2.88. The zero-order chi connectivity index (χ0) is 20.5. The Morgan fingerprint density at radius 3 is 2.90 bits per heavy atom. The molecular formula is C20H22ClN5O3. The number of hydrogen-bond acceptors (Lipinski definition) is 4. The number of hydrogen-bond donors (Lipinski definition) is 2. The third-order valence-corrected chi connectivity index (χ3v) is 5.73. The minimum absolute atomic E-state index is 0.156. The number of rotatable bonds is 4. The van der Waals surface area contributed by atoms with Gasteiger partial charge in [-0.05, 0) is 30.5 Å². The van der Waals surface area contributed by atoms with Gasteiger partial charge in [-0.1, -0.05) is 29.8 Å². The van der Waals surface area contributed by atoms with E-state index in [1.807, 2.05) is 24.3 Å². The van der Waals surface area contributed by atoms with Crippen molar-refractivity contribution in [3.8, 4) is 0 Å². The molecule has 1 atom stereocenters. The van der Waals surface area contributed by atoms with Gasteiger partial charge in [-0.3, -0.25) is 9.13 Å². The smallest absolute Gasteiger partial charge is 0.404 e. The standard InChI is InChI=1S/C20H22ClN5O3/c1-24-18-17(26(20(24)29)11-13-5-2-3-7-15(13)21)16(8-9-22-18)25-10-4-6-14(12-25)23-19(27)28/h2-3,5,7-9,14,23H,4,6,10-12H2,1H3,(H,27,28)/t14-/m1/s1. The molecule has 1 fully saturated rings. The van der Waals surface area contributed by atoms with Crippen molar-refractivity contribution in [2.24, 2.45) is 7.05 Å². The van der Waals surface area contributed by atoms with E-state index in [1.54, 1.807) is 23.9 Å². The van der Waals surface area contributed by atoms with Crippen LogP contribution in [-0.4, -0.2) is 44.4 Å². The molecule has 152 valence electrons. The van der Waals surface area contributed by atoms with Crippen LogP contribution in [0.15, 0.2) is 41.3 Å². The van der Waals surface area contributed by atoms with Crippen molar-refractivity contribution in [1.82, 2.24) is 19.4 Å². The predicted molar refractivity (Wildman–Crippen MR) is 112 cm³/mol. The molecule has 29 heavy (non-hydrogen) atoms. The Kier molecular flexibility index (Phi) is 5.19. The van der Waals surface area contributed by atoms with Gasteiger partial charge in [0.2, 0.25) is 0 Å². The number of piperidine rings is 1. The number of imidazole rings is 1. The monoisotopic (exact) mass is 415 g/mol. The number of aromatic nitrogens is 3. The maximum Gasteiger partial charge on any atom is 0.404 e. The molecule has 4 rings (SSSR count). The fourth-order valence-corrected chi connectivity index (χ4v) is 4.19. The van der Waals surface area contributed by atoms with Gasteiger partial charge in [0.15, 0.2) is 5.65 Å². The van der Waals surface area contributed by atoms with Gasteiger partial charge in [0.25, 0.3) is 0 Å². The molecule has 8 nitrogen and oxygen atoms in total. The summed E-state index contributed by atoms with van der Waals surface area (Å²) >= 11 is 6.33. The zero-order valence-corrected chi connectivity index (χ0v) is 16.8. The van der Waals surface area contributed by atoms with Gasteiger partial charge in [0, 0.05) is 37.4 Å². The van der Waals surface area contributed by atoms with E-state index in [9.17, 15) is 9.59 Å². The number of nitrogens with one attached hydrogen (secondary N) is 1. The molecular weight excluding hydrogens is 394 g/mol. The molecule has 1 aromatic carbocycles. The fourth-order valence-electron chi connectivity index (χ4n) is 3.99. The predicted octanol–water partition coefficient (Wildman–Crippen LogP) is 2.67. The van der Waals surface area contributed by atoms with Crippen molar-refractivity contribution in [3.63, 3.8) is 0 Å². The summed E-state index contributed by atoms with van der Waals surface area (Å²) in [7, 11) is 1.70. The normalized spacial score (nSPS) is 16.9. The van der Waals surface area contributed by atoms with Crippen molar-refractivity contribution in [1.29, 1.82) is 0 Å². The van der Waals surface area contributed by atoms with E-state index in [0.717, 1.165) is 36.2 Å². The number of anilines is 1. The average molecular weight is 416 g/mol. The van der Waals surface area contributed by atoms with Gasteiger partial charge in [-0.15, -0.1) is 0 Å². The lowest BCUT2D eigenvalue weighted by molar-refractivity contribution is 0.188. The molecule has 0 radical (unpaired) electrons. The molecule has 0 bridgehead atoms. The van der Waals surface area contributed by atoms with E-state index < -0.39 is 6.09 Å². The molecule has 1 aliphatic rings. The average Bonchev–Trinajstić information content (AvgIpc) is 2.94. The Morgan fingerprint density at radius 2 is 2.14 bits per heavy atom. The van der Waals surface area contributed by atoms with Gasteiger partial charge in [-0.2, -0.15) is 0 Å². The van der Waals surface area contributed by atoms with Crippen LogP contribution in [0.25, 0.3) is 11.2 Å². The molecule has 9 heteroatoms. The van der Waals surface area contributed by atoms with Crippen LogP contribution in [0.2, 0.25) is 5.02 Å². The second-order valence-corrected chi connectivity index (χ2v) is 7.66. The Morgan fingerprint density at radius 1 is 1.34 bits per heavy atom. The molecule has 0 saturated carbocycles. The minimum Gasteiger partial charge on any atom is -0.465 e. The van der Waals surface area contributed by atoms with Crippen LogP contribution in [-0.2, 0) is 13.6 Å². The Balaban J connectivity index is 1.79. The third-order valence-electron chi connectivity index (χ3n) is 5.37. The van der Waals surface area contributed by atoms with Crippen molar-refractivity contribution < 1.29 is 9.90 Å². The van der Waals surface area contributed by atoms with E-state index >= 15 is 0 Å². The number of pyridine rings is 1. The number of carboxylic acid groups (broad SMARTS) is 1. The largest absolute Gasteiger partial charge is 0.465 e.